The van der Waals surface area contributed by atoms with Gasteiger partial charge in [-0.3, -0.25) is 4.98 Å². The highest BCUT2D eigenvalue weighted by Crippen LogP contribution is 2.25. The molecule has 1 saturated heterocycles. The molecule has 1 aliphatic heterocycles. The van der Waals surface area contributed by atoms with Crippen LogP contribution in [-0.2, 0) is 32.9 Å². The number of sulfonamides is 2. The summed E-state index contributed by atoms with van der Waals surface area (Å²) in [6.45, 7) is 1.07. The maximum atomic E-state index is 12.7. The first kappa shape index (κ1) is 21.4. The van der Waals surface area contributed by atoms with Gasteiger partial charge in [-0.2, -0.15) is 4.31 Å². The molecule has 0 spiro atoms. The van der Waals surface area contributed by atoms with Gasteiger partial charge >= 0.3 is 0 Å². The lowest BCUT2D eigenvalue weighted by Crippen LogP contribution is -2.41. The number of aryl methyl sites for hydroxylation is 2. The molecule has 0 atom stereocenters. The number of nitrogens with zero attached hydrogens (tertiary/aromatic N) is 2. The van der Waals surface area contributed by atoms with Crippen molar-refractivity contribution in [3.8, 4) is 0 Å². The van der Waals surface area contributed by atoms with E-state index >= 15 is 0 Å². The number of hydrogen-bond acceptors (Lipinski definition) is 5. The number of hydrogen-bond donors (Lipinski definition) is 1. The summed E-state index contributed by atoms with van der Waals surface area (Å²) in [6, 6.07) is 8.58. The van der Waals surface area contributed by atoms with Gasteiger partial charge in [-0.15, -0.1) is 0 Å². The van der Waals surface area contributed by atoms with Crippen LogP contribution in [0.5, 0.6) is 0 Å². The number of benzene rings is 1. The summed E-state index contributed by atoms with van der Waals surface area (Å²) in [5, 5.41) is 0. The molecule has 1 aromatic carbocycles. The van der Waals surface area contributed by atoms with E-state index in [-0.39, 0.29) is 10.8 Å². The van der Waals surface area contributed by atoms with Gasteiger partial charge in [0.2, 0.25) is 20.0 Å². The normalized spacial score (nSPS) is 18.8. The molecule has 9 heteroatoms. The molecule has 1 aromatic heterocycles. The summed E-state index contributed by atoms with van der Waals surface area (Å²) >= 11 is 0. The van der Waals surface area contributed by atoms with Crippen molar-refractivity contribution in [3.63, 3.8) is 0 Å². The van der Waals surface area contributed by atoms with Crippen molar-refractivity contribution in [3.05, 3.63) is 53.9 Å². The molecular weight excluding hydrogens is 422 g/mol. The number of rotatable bonds is 6. The molecule has 2 aromatic rings. The van der Waals surface area contributed by atoms with Crippen LogP contribution in [0.25, 0.3) is 0 Å². The standard InChI is InChI=1S/C21H27N3O4S2/c25-29(26,20-8-7-18-4-1-2-5-19(18)14-20)23-15-17-9-12-24(13-10-17)30(27,28)21-6-3-11-22-16-21/h3,6-8,11,14,16-17,23H,1-2,4-5,9-10,12-13,15H2. The number of piperidine rings is 1. The van der Waals surface area contributed by atoms with Crippen LogP contribution < -0.4 is 4.72 Å². The molecule has 1 aliphatic carbocycles. The second-order valence-electron chi connectivity index (χ2n) is 8.03. The van der Waals surface area contributed by atoms with Gasteiger partial charge in [0, 0.05) is 32.0 Å². The summed E-state index contributed by atoms with van der Waals surface area (Å²) in [4.78, 5) is 4.40. The Balaban J connectivity index is 1.34. The van der Waals surface area contributed by atoms with Gasteiger partial charge in [-0.05, 0) is 79.8 Å². The third-order valence-electron chi connectivity index (χ3n) is 6.04. The average molecular weight is 450 g/mol. The molecule has 0 saturated carbocycles. The maximum absolute atomic E-state index is 12.7. The van der Waals surface area contributed by atoms with Crippen LogP contribution in [-0.4, -0.2) is 45.8 Å². The molecular formula is C21H27N3O4S2. The van der Waals surface area contributed by atoms with Crippen LogP contribution in [0.1, 0.15) is 36.8 Å². The van der Waals surface area contributed by atoms with Gasteiger partial charge in [-0.25, -0.2) is 21.6 Å². The fourth-order valence-corrected chi connectivity index (χ4v) is 6.79. The topological polar surface area (TPSA) is 96.4 Å². The molecule has 1 N–H and O–H groups in total. The van der Waals surface area contributed by atoms with E-state index in [1.165, 1.54) is 16.1 Å². The fraction of sp³-hybridized carbons (Fsp3) is 0.476. The summed E-state index contributed by atoms with van der Waals surface area (Å²) in [7, 11) is -7.12. The second-order valence-corrected chi connectivity index (χ2v) is 11.7. The predicted octanol–water partition coefficient (Wildman–Crippen LogP) is 2.34. The van der Waals surface area contributed by atoms with Crippen LogP contribution in [0.15, 0.2) is 52.5 Å². The van der Waals surface area contributed by atoms with Crippen LogP contribution >= 0.6 is 0 Å². The van der Waals surface area contributed by atoms with Crippen molar-refractivity contribution in [1.82, 2.24) is 14.0 Å². The Hall–Kier alpha value is -1.81. The van der Waals surface area contributed by atoms with Crippen molar-refractivity contribution in [2.45, 2.75) is 48.3 Å². The lowest BCUT2D eigenvalue weighted by Gasteiger charge is -2.31. The summed E-state index contributed by atoms with van der Waals surface area (Å²) in [5.41, 5.74) is 2.39. The number of nitrogens with one attached hydrogen (secondary N) is 1. The Kier molecular flexibility index (Phi) is 6.24. The van der Waals surface area contributed by atoms with Gasteiger partial charge in [0.15, 0.2) is 0 Å². The highest BCUT2D eigenvalue weighted by molar-refractivity contribution is 7.89. The van der Waals surface area contributed by atoms with Crippen LogP contribution in [0.2, 0.25) is 0 Å². The fourth-order valence-electron chi connectivity index (χ4n) is 4.19. The van der Waals surface area contributed by atoms with Crippen LogP contribution in [0.3, 0.4) is 0 Å². The third-order valence-corrected chi connectivity index (χ3v) is 9.34. The minimum absolute atomic E-state index is 0.109. The van der Waals surface area contributed by atoms with E-state index < -0.39 is 20.0 Å². The van der Waals surface area contributed by atoms with Crippen LogP contribution in [0, 0.1) is 5.92 Å². The largest absolute Gasteiger partial charge is 0.263 e. The minimum Gasteiger partial charge on any atom is -0.263 e. The van der Waals surface area contributed by atoms with E-state index in [0.29, 0.717) is 37.4 Å². The molecule has 0 bridgehead atoms. The molecule has 0 radical (unpaired) electrons. The third kappa shape index (κ3) is 4.59. The van der Waals surface area contributed by atoms with Gasteiger partial charge in [-0.1, -0.05) is 6.07 Å². The zero-order valence-corrected chi connectivity index (χ0v) is 18.5. The molecule has 162 valence electrons. The summed E-state index contributed by atoms with van der Waals surface area (Å²) in [5.74, 6) is 0.109. The monoisotopic (exact) mass is 449 g/mol. The molecule has 7 nitrogen and oxygen atoms in total. The van der Waals surface area contributed by atoms with Crippen molar-refractivity contribution in [1.29, 1.82) is 0 Å². The van der Waals surface area contributed by atoms with E-state index in [2.05, 4.69) is 9.71 Å². The predicted molar refractivity (Wildman–Crippen MR) is 114 cm³/mol. The Morgan fingerprint density at radius 1 is 0.967 bits per heavy atom. The van der Waals surface area contributed by atoms with E-state index in [9.17, 15) is 16.8 Å². The first-order valence-electron chi connectivity index (χ1n) is 10.4. The quantitative estimate of drug-likeness (QED) is 0.730. The smallest absolute Gasteiger partial charge is 0.244 e. The lowest BCUT2D eigenvalue weighted by atomic mass is 9.92. The number of fused-ring (bicyclic) bond motifs is 1. The molecule has 30 heavy (non-hydrogen) atoms. The molecule has 1 fully saturated rings. The Morgan fingerprint density at radius 2 is 1.70 bits per heavy atom. The van der Waals surface area contributed by atoms with Gasteiger partial charge < -0.3 is 0 Å². The second kappa shape index (κ2) is 8.74. The van der Waals surface area contributed by atoms with Crippen molar-refractivity contribution in [2.24, 2.45) is 5.92 Å². The highest BCUT2D eigenvalue weighted by atomic mass is 32.2. The van der Waals surface area contributed by atoms with E-state index in [0.717, 1.165) is 31.2 Å². The minimum atomic E-state index is -3.57. The molecule has 0 amide bonds. The average Bonchev–Trinajstić information content (AvgIpc) is 2.78. The number of pyridine rings is 1. The van der Waals surface area contributed by atoms with Crippen LogP contribution in [0.4, 0.5) is 0 Å². The van der Waals surface area contributed by atoms with Crippen molar-refractivity contribution < 1.29 is 16.8 Å². The summed E-state index contributed by atoms with van der Waals surface area (Å²) < 4.78 is 55.1. The first-order chi connectivity index (χ1) is 14.4. The van der Waals surface area contributed by atoms with Crippen molar-refractivity contribution >= 4 is 20.0 Å². The maximum Gasteiger partial charge on any atom is 0.244 e. The van der Waals surface area contributed by atoms with E-state index in [1.54, 1.807) is 30.5 Å². The highest BCUT2D eigenvalue weighted by Gasteiger charge is 2.30. The lowest BCUT2D eigenvalue weighted by molar-refractivity contribution is 0.274. The first-order valence-corrected chi connectivity index (χ1v) is 13.3. The van der Waals surface area contributed by atoms with E-state index in [4.69, 9.17) is 0 Å². The van der Waals surface area contributed by atoms with Gasteiger partial charge in [0.25, 0.3) is 0 Å². The summed E-state index contributed by atoms with van der Waals surface area (Å²) in [6.07, 6.45) is 8.34. The zero-order valence-electron chi connectivity index (χ0n) is 16.8. The van der Waals surface area contributed by atoms with Gasteiger partial charge in [0.05, 0.1) is 4.90 Å². The van der Waals surface area contributed by atoms with Gasteiger partial charge in [0.1, 0.15) is 4.90 Å². The molecule has 2 aliphatic rings. The zero-order chi connectivity index (χ0) is 21.2. The Labute approximate surface area is 178 Å². The number of aromatic nitrogens is 1. The van der Waals surface area contributed by atoms with Crippen molar-refractivity contribution in [2.75, 3.05) is 19.6 Å². The van der Waals surface area contributed by atoms with E-state index in [1.807, 2.05) is 6.07 Å². The molecule has 2 heterocycles. The Bertz CT molecular complexity index is 1090. The molecule has 4 rings (SSSR count). The molecule has 0 unspecified atom stereocenters. The SMILES string of the molecule is O=S(=O)(NCC1CCN(S(=O)(=O)c2cccnc2)CC1)c1ccc2c(c1)CCCC2. The Morgan fingerprint density at radius 3 is 2.40 bits per heavy atom.